The number of halogens is 4. The van der Waals surface area contributed by atoms with Crippen molar-refractivity contribution in [1.82, 2.24) is 14.4 Å². The highest BCUT2D eigenvalue weighted by Gasteiger charge is 2.39. The van der Waals surface area contributed by atoms with E-state index in [1.807, 2.05) is 0 Å². The lowest BCUT2D eigenvalue weighted by molar-refractivity contribution is -0.137. The summed E-state index contributed by atoms with van der Waals surface area (Å²) in [6.45, 7) is 1.78. The van der Waals surface area contributed by atoms with Gasteiger partial charge in [0.25, 0.3) is 0 Å². The Morgan fingerprint density at radius 1 is 1.31 bits per heavy atom. The predicted molar refractivity (Wildman–Crippen MR) is 86.0 cm³/mol. The smallest absolute Gasteiger partial charge is 0.340 e. The summed E-state index contributed by atoms with van der Waals surface area (Å²) in [5.41, 5.74) is -1.01. The summed E-state index contributed by atoms with van der Waals surface area (Å²) in [4.78, 5) is 3.72. The van der Waals surface area contributed by atoms with Crippen LogP contribution in [0.25, 0.3) is 0 Å². The Morgan fingerprint density at radius 2 is 2.04 bits per heavy atom. The first-order valence-corrected chi connectivity index (χ1v) is 9.61. The van der Waals surface area contributed by atoms with Crippen LogP contribution in [-0.2, 0) is 16.2 Å². The third-order valence-electron chi connectivity index (χ3n) is 4.14. The van der Waals surface area contributed by atoms with Crippen molar-refractivity contribution in [3.63, 3.8) is 0 Å². The van der Waals surface area contributed by atoms with Gasteiger partial charge in [0, 0.05) is 13.5 Å². The van der Waals surface area contributed by atoms with Crippen molar-refractivity contribution < 1.29 is 26.1 Å². The number of alkyl halides is 3. The van der Waals surface area contributed by atoms with Crippen LogP contribution in [0.15, 0.2) is 27.6 Å². The molecule has 2 heterocycles. The zero-order chi connectivity index (χ0) is 19.1. The number of hydrogen-bond donors (Lipinski definition) is 0. The van der Waals surface area contributed by atoms with E-state index in [0.29, 0.717) is 30.9 Å². The lowest BCUT2D eigenvalue weighted by Gasteiger charge is -2.33. The number of sulfonamides is 1. The van der Waals surface area contributed by atoms with E-state index >= 15 is 0 Å². The molecular weight excluding hydrogens is 395 g/mol. The molecule has 0 spiro atoms. The molecule has 11 heteroatoms. The van der Waals surface area contributed by atoms with Gasteiger partial charge in [-0.15, -0.1) is 0 Å². The van der Waals surface area contributed by atoms with Crippen molar-refractivity contribution in [1.29, 1.82) is 0 Å². The molecule has 26 heavy (non-hydrogen) atoms. The van der Waals surface area contributed by atoms with Crippen LogP contribution in [0, 0.1) is 6.92 Å². The van der Waals surface area contributed by atoms with Gasteiger partial charge in [0.05, 0.1) is 16.6 Å². The number of rotatable bonds is 3. The van der Waals surface area contributed by atoms with Crippen LogP contribution in [0.5, 0.6) is 0 Å². The molecule has 1 unspecified atom stereocenters. The van der Waals surface area contributed by atoms with Gasteiger partial charge in [-0.05, 0) is 31.0 Å². The van der Waals surface area contributed by atoms with Crippen LogP contribution < -0.4 is 0 Å². The van der Waals surface area contributed by atoms with Gasteiger partial charge in [-0.25, -0.2) is 8.42 Å². The summed E-state index contributed by atoms with van der Waals surface area (Å²) in [5.74, 6) is 0.532. The molecule has 1 aromatic carbocycles. The van der Waals surface area contributed by atoms with E-state index in [2.05, 4.69) is 10.1 Å². The molecule has 0 aliphatic carbocycles. The summed E-state index contributed by atoms with van der Waals surface area (Å²) >= 11 is 5.88. The molecule has 0 amide bonds. The van der Waals surface area contributed by atoms with E-state index in [1.54, 1.807) is 6.92 Å². The maximum absolute atomic E-state index is 13.0. The second kappa shape index (κ2) is 6.82. The van der Waals surface area contributed by atoms with Crippen molar-refractivity contribution in [3.05, 3.63) is 40.5 Å². The predicted octanol–water partition coefficient (Wildman–Crippen LogP) is 3.97. The Morgan fingerprint density at radius 3 is 2.62 bits per heavy atom. The van der Waals surface area contributed by atoms with E-state index in [9.17, 15) is 21.6 Å². The summed E-state index contributed by atoms with van der Waals surface area (Å²) in [7, 11) is -4.13. The Bertz CT molecular complexity index is 914. The summed E-state index contributed by atoms with van der Waals surface area (Å²) in [5, 5.41) is 3.31. The lowest BCUT2D eigenvalue weighted by atomic mass is 10.0. The molecule has 6 nitrogen and oxygen atoms in total. The molecule has 3 rings (SSSR count). The Balaban J connectivity index is 2.00. The van der Waals surface area contributed by atoms with Gasteiger partial charge >= 0.3 is 6.18 Å². The van der Waals surface area contributed by atoms with Gasteiger partial charge in [-0.3, -0.25) is 0 Å². The Hall–Kier alpha value is -1.65. The van der Waals surface area contributed by atoms with Gasteiger partial charge in [0.2, 0.25) is 15.9 Å². The molecule has 1 aromatic heterocycles. The van der Waals surface area contributed by atoms with E-state index in [0.717, 1.165) is 12.5 Å². The van der Waals surface area contributed by atoms with E-state index in [1.165, 1.54) is 4.31 Å². The zero-order valence-corrected chi connectivity index (χ0v) is 15.2. The Labute approximate surface area is 153 Å². The molecule has 0 saturated carbocycles. The standard InChI is InChI=1S/C15H15ClF3N3O3S/c1-9-20-14(21-25-9)12-4-2-3-7-22(12)26(23,24)13-6-5-10(8-11(13)16)15(17,18)19/h5-6,8,12H,2-4,7H2,1H3. The van der Waals surface area contributed by atoms with Gasteiger partial charge in [0.1, 0.15) is 4.90 Å². The number of benzene rings is 1. The molecule has 0 bridgehead atoms. The van der Waals surface area contributed by atoms with Gasteiger partial charge in [-0.1, -0.05) is 23.2 Å². The maximum atomic E-state index is 13.0. The van der Waals surface area contributed by atoms with Crippen LogP contribution in [-0.4, -0.2) is 29.4 Å². The minimum absolute atomic E-state index is 0.192. The Kier molecular flexibility index (Phi) is 5.02. The molecule has 2 aromatic rings. The fourth-order valence-electron chi connectivity index (χ4n) is 2.91. The minimum atomic E-state index is -4.61. The first-order valence-electron chi connectivity index (χ1n) is 7.79. The normalized spacial score (nSPS) is 19.7. The quantitative estimate of drug-likeness (QED) is 0.766. The van der Waals surface area contributed by atoms with Crippen molar-refractivity contribution in [3.8, 4) is 0 Å². The molecule has 142 valence electrons. The first kappa shape index (κ1) is 19.1. The van der Waals surface area contributed by atoms with E-state index in [4.69, 9.17) is 16.1 Å². The highest BCUT2D eigenvalue weighted by molar-refractivity contribution is 7.89. The highest BCUT2D eigenvalue weighted by atomic mass is 35.5. The topological polar surface area (TPSA) is 76.3 Å². The third-order valence-corrected chi connectivity index (χ3v) is 6.53. The van der Waals surface area contributed by atoms with E-state index in [-0.39, 0.29) is 17.3 Å². The van der Waals surface area contributed by atoms with Gasteiger partial charge in [0.15, 0.2) is 5.82 Å². The summed E-state index contributed by atoms with van der Waals surface area (Å²) in [6, 6.07) is 1.56. The number of hydrogen-bond acceptors (Lipinski definition) is 5. The SMILES string of the molecule is Cc1nc(C2CCCCN2S(=O)(=O)c2ccc(C(F)(F)F)cc2Cl)no1. The molecule has 0 N–H and O–H groups in total. The fraction of sp³-hybridized carbons (Fsp3) is 0.467. The number of aromatic nitrogens is 2. The largest absolute Gasteiger partial charge is 0.416 e. The van der Waals surface area contributed by atoms with Gasteiger partial charge < -0.3 is 4.52 Å². The zero-order valence-electron chi connectivity index (χ0n) is 13.6. The van der Waals surface area contributed by atoms with Crippen molar-refractivity contribution in [2.45, 2.75) is 43.3 Å². The second-order valence-electron chi connectivity index (χ2n) is 5.94. The fourth-order valence-corrected chi connectivity index (χ4v) is 5.09. The molecule has 1 saturated heterocycles. The second-order valence-corrected chi connectivity index (χ2v) is 8.21. The molecule has 1 aliphatic heterocycles. The minimum Gasteiger partial charge on any atom is -0.340 e. The van der Waals surface area contributed by atoms with Crippen LogP contribution in [0.3, 0.4) is 0 Å². The summed E-state index contributed by atoms with van der Waals surface area (Å²) in [6.07, 6.45) is -2.74. The average Bonchev–Trinajstić information content (AvgIpc) is 3.00. The van der Waals surface area contributed by atoms with Crippen molar-refractivity contribution in [2.75, 3.05) is 6.54 Å². The molecule has 1 fully saturated rings. The first-order chi connectivity index (χ1) is 12.1. The third kappa shape index (κ3) is 3.58. The van der Waals surface area contributed by atoms with Crippen LogP contribution >= 0.6 is 11.6 Å². The number of piperidine rings is 1. The molecule has 1 atom stereocenters. The number of aryl methyl sites for hydroxylation is 1. The molecule has 1 aliphatic rings. The van der Waals surface area contributed by atoms with E-state index < -0.39 is 32.8 Å². The van der Waals surface area contributed by atoms with Crippen LogP contribution in [0.1, 0.15) is 42.6 Å². The van der Waals surface area contributed by atoms with Crippen LogP contribution in [0.2, 0.25) is 5.02 Å². The van der Waals surface area contributed by atoms with Crippen LogP contribution in [0.4, 0.5) is 13.2 Å². The lowest BCUT2D eigenvalue weighted by Crippen LogP contribution is -2.39. The average molecular weight is 410 g/mol. The van der Waals surface area contributed by atoms with Crippen molar-refractivity contribution in [2.24, 2.45) is 0 Å². The van der Waals surface area contributed by atoms with Crippen molar-refractivity contribution >= 4 is 21.6 Å². The monoisotopic (exact) mass is 409 g/mol. The summed E-state index contributed by atoms with van der Waals surface area (Å²) < 4.78 is 70.5. The molecular formula is C15H15ClF3N3O3S. The number of nitrogens with zero attached hydrogens (tertiary/aromatic N) is 3. The highest BCUT2D eigenvalue weighted by Crippen LogP contribution is 2.38. The molecule has 0 radical (unpaired) electrons. The maximum Gasteiger partial charge on any atom is 0.416 e. The van der Waals surface area contributed by atoms with Gasteiger partial charge in [-0.2, -0.15) is 22.5 Å².